The van der Waals surface area contributed by atoms with Crippen LogP contribution in [0.25, 0.3) is 5.65 Å². The molecule has 1 unspecified atom stereocenters. The molecule has 0 aromatic carbocycles. The highest BCUT2D eigenvalue weighted by Gasteiger charge is 2.22. The van der Waals surface area contributed by atoms with Gasteiger partial charge in [-0.3, -0.25) is 4.68 Å². The molecule has 3 rings (SSSR count). The summed E-state index contributed by atoms with van der Waals surface area (Å²) in [5.41, 5.74) is 1.95. The molecule has 5 nitrogen and oxygen atoms in total. The summed E-state index contributed by atoms with van der Waals surface area (Å²) in [7, 11) is 0. The maximum atomic E-state index is 10.5. The first-order valence-corrected chi connectivity index (χ1v) is 6.91. The third kappa shape index (κ3) is 2.19. The van der Waals surface area contributed by atoms with Crippen LogP contribution in [0.1, 0.15) is 30.8 Å². The summed E-state index contributed by atoms with van der Waals surface area (Å²) in [4.78, 5) is 4.42. The largest absolute Gasteiger partial charge is 0.380 e. The quantitative estimate of drug-likeness (QED) is 0.804. The zero-order chi connectivity index (χ0) is 14.1. The van der Waals surface area contributed by atoms with Crippen molar-refractivity contribution in [2.75, 3.05) is 0 Å². The van der Waals surface area contributed by atoms with Crippen LogP contribution < -0.4 is 0 Å². The lowest BCUT2D eigenvalue weighted by molar-refractivity contribution is 0.203. The molecule has 104 valence electrons. The van der Waals surface area contributed by atoms with E-state index in [2.05, 4.69) is 17.0 Å². The van der Waals surface area contributed by atoms with Gasteiger partial charge in [0.05, 0.1) is 22.6 Å². The van der Waals surface area contributed by atoms with E-state index in [4.69, 9.17) is 11.6 Å². The number of hydrogen-bond acceptors (Lipinski definition) is 3. The van der Waals surface area contributed by atoms with Gasteiger partial charge in [-0.15, -0.1) is 0 Å². The van der Waals surface area contributed by atoms with Crippen LogP contribution in [0.4, 0.5) is 0 Å². The molecular weight excluding hydrogens is 276 g/mol. The van der Waals surface area contributed by atoms with Crippen molar-refractivity contribution >= 4 is 17.2 Å². The maximum Gasteiger partial charge on any atom is 0.141 e. The van der Waals surface area contributed by atoms with Crippen LogP contribution in [-0.4, -0.2) is 24.3 Å². The van der Waals surface area contributed by atoms with Crippen LogP contribution in [0.2, 0.25) is 5.02 Å². The molecule has 0 aliphatic carbocycles. The predicted octanol–water partition coefficient (Wildman–Crippen LogP) is 2.68. The summed E-state index contributed by atoms with van der Waals surface area (Å²) >= 11 is 6.15. The molecule has 0 aliphatic heterocycles. The summed E-state index contributed by atoms with van der Waals surface area (Å²) in [6.45, 7) is 2.77. The Labute approximate surface area is 121 Å². The number of aliphatic hydroxyl groups is 1. The van der Waals surface area contributed by atoms with Crippen molar-refractivity contribution < 1.29 is 5.11 Å². The Morgan fingerprint density at radius 2 is 2.25 bits per heavy atom. The molecule has 6 heteroatoms. The van der Waals surface area contributed by atoms with Gasteiger partial charge in [0.15, 0.2) is 0 Å². The Morgan fingerprint density at radius 3 is 3.00 bits per heavy atom. The molecule has 0 radical (unpaired) electrons. The Balaban J connectivity index is 2.03. The van der Waals surface area contributed by atoms with Crippen molar-refractivity contribution in [1.82, 2.24) is 19.2 Å². The van der Waals surface area contributed by atoms with Gasteiger partial charge in [0.1, 0.15) is 11.8 Å². The zero-order valence-corrected chi connectivity index (χ0v) is 11.8. The van der Waals surface area contributed by atoms with Crippen LogP contribution in [0.15, 0.2) is 36.8 Å². The van der Waals surface area contributed by atoms with E-state index in [1.54, 1.807) is 17.1 Å². The van der Waals surface area contributed by atoms with E-state index in [-0.39, 0.29) is 0 Å². The highest BCUT2D eigenvalue weighted by atomic mass is 35.5. The minimum absolute atomic E-state index is 0.461. The second-order valence-electron chi connectivity index (χ2n) is 4.64. The minimum Gasteiger partial charge on any atom is -0.380 e. The van der Waals surface area contributed by atoms with Crippen molar-refractivity contribution in [2.24, 2.45) is 0 Å². The number of nitrogens with zero attached hydrogens (tertiary/aromatic N) is 4. The number of imidazole rings is 1. The molecule has 1 N–H and O–H groups in total. The van der Waals surface area contributed by atoms with Gasteiger partial charge in [-0.05, 0) is 18.6 Å². The fraction of sp³-hybridized carbons (Fsp3) is 0.286. The van der Waals surface area contributed by atoms with Crippen molar-refractivity contribution in [2.45, 2.75) is 26.0 Å². The van der Waals surface area contributed by atoms with Gasteiger partial charge in [0.25, 0.3) is 0 Å². The van der Waals surface area contributed by atoms with E-state index in [1.165, 1.54) is 0 Å². The van der Waals surface area contributed by atoms with Gasteiger partial charge in [0, 0.05) is 18.9 Å². The van der Waals surface area contributed by atoms with Crippen LogP contribution >= 0.6 is 11.6 Å². The predicted molar refractivity (Wildman–Crippen MR) is 76.8 cm³/mol. The number of rotatable bonds is 4. The smallest absolute Gasteiger partial charge is 0.141 e. The average molecular weight is 291 g/mol. The second kappa shape index (κ2) is 5.26. The first-order valence-electron chi connectivity index (χ1n) is 6.53. The molecule has 0 saturated carbocycles. The number of aryl methyl sites for hydroxylation is 1. The number of aliphatic hydroxyl groups excluding tert-OH is 1. The van der Waals surface area contributed by atoms with Crippen molar-refractivity contribution in [3.63, 3.8) is 0 Å². The fourth-order valence-corrected chi connectivity index (χ4v) is 2.50. The Bertz CT molecular complexity index is 701. The molecule has 0 saturated heterocycles. The normalized spacial score (nSPS) is 12.9. The standard InChI is InChI=1S/C14H15ClN4O/c1-2-6-19-13(10(15)8-16-19)14(20)11-9-18-7-4-3-5-12(18)17-11/h3-5,7-9,14,20H,2,6H2,1H3. The van der Waals surface area contributed by atoms with Gasteiger partial charge in [0.2, 0.25) is 0 Å². The van der Waals surface area contributed by atoms with Gasteiger partial charge >= 0.3 is 0 Å². The van der Waals surface area contributed by atoms with Crippen molar-refractivity contribution in [3.05, 3.63) is 53.2 Å². The Kier molecular flexibility index (Phi) is 3.46. The highest BCUT2D eigenvalue weighted by Crippen LogP contribution is 2.28. The first kappa shape index (κ1) is 13.1. The second-order valence-corrected chi connectivity index (χ2v) is 5.04. The average Bonchev–Trinajstić information content (AvgIpc) is 3.02. The van der Waals surface area contributed by atoms with E-state index in [9.17, 15) is 5.11 Å². The Morgan fingerprint density at radius 1 is 1.40 bits per heavy atom. The van der Waals surface area contributed by atoms with Crippen molar-refractivity contribution in [3.8, 4) is 0 Å². The van der Waals surface area contributed by atoms with Crippen molar-refractivity contribution in [1.29, 1.82) is 0 Å². The topological polar surface area (TPSA) is 55.3 Å². The van der Waals surface area contributed by atoms with Gasteiger partial charge in [-0.25, -0.2) is 4.98 Å². The molecule has 0 fully saturated rings. The Hall–Kier alpha value is -1.85. The van der Waals surface area contributed by atoms with Gasteiger partial charge in [-0.1, -0.05) is 24.6 Å². The van der Waals surface area contributed by atoms with E-state index in [1.807, 2.05) is 28.8 Å². The molecule has 3 aromatic rings. The van der Waals surface area contributed by atoms with Crippen LogP contribution in [0.3, 0.4) is 0 Å². The monoisotopic (exact) mass is 290 g/mol. The highest BCUT2D eigenvalue weighted by molar-refractivity contribution is 6.31. The lowest BCUT2D eigenvalue weighted by Gasteiger charge is -2.11. The summed E-state index contributed by atoms with van der Waals surface area (Å²) in [6.07, 6.45) is 5.30. The number of fused-ring (bicyclic) bond motifs is 1. The minimum atomic E-state index is -0.878. The molecule has 1 atom stereocenters. The van der Waals surface area contributed by atoms with Gasteiger partial charge < -0.3 is 9.51 Å². The maximum absolute atomic E-state index is 10.5. The van der Waals surface area contributed by atoms with E-state index < -0.39 is 6.10 Å². The number of halogens is 1. The summed E-state index contributed by atoms with van der Waals surface area (Å²) < 4.78 is 3.60. The zero-order valence-electron chi connectivity index (χ0n) is 11.1. The lowest BCUT2D eigenvalue weighted by atomic mass is 10.2. The van der Waals surface area contributed by atoms with E-state index in [0.717, 1.165) is 12.1 Å². The molecule has 3 heterocycles. The summed E-state index contributed by atoms with van der Waals surface area (Å²) in [6, 6.07) is 5.72. The molecule has 0 amide bonds. The van der Waals surface area contributed by atoms with Crippen LogP contribution in [0.5, 0.6) is 0 Å². The molecule has 0 spiro atoms. The lowest BCUT2D eigenvalue weighted by Crippen LogP contribution is -2.10. The molecule has 20 heavy (non-hydrogen) atoms. The van der Waals surface area contributed by atoms with E-state index >= 15 is 0 Å². The summed E-state index contributed by atoms with van der Waals surface area (Å²) in [5, 5.41) is 15.2. The SMILES string of the molecule is CCCn1ncc(Cl)c1C(O)c1cn2ccccc2n1. The molecule has 3 aromatic heterocycles. The first-order chi connectivity index (χ1) is 9.70. The number of hydrogen-bond donors (Lipinski definition) is 1. The number of aromatic nitrogens is 4. The van der Waals surface area contributed by atoms with Crippen LogP contribution in [0, 0.1) is 0 Å². The number of pyridine rings is 1. The molecule has 0 aliphatic rings. The molecule has 0 bridgehead atoms. The fourth-order valence-electron chi connectivity index (χ4n) is 2.26. The summed E-state index contributed by atoms with van der Waals surface area (Å²) in [5.74, 6) is 0. The third-order valence-corrected chi connectivity index (χ3v) is 3.48. The third-order valence-electron chi connectivity index (χ3n) is 3.19. The molecular formula is C14H15ClN4O. The van der Waals surface area contributed by atoms with Crippen LogP contribution in [-0.2, 0) is 6.54 Å². The van der Waals surface area contributed by atoms with E-state index in [0.29, 0.717) is 23.0 Å². The van der Waals surface area contributed by atoms with Gasteiger partial charge in [-0.2, -0.15) is 5.10 Å².